The summed E-state index contributed by atoms with van der Waals surface area (Å²) >= 11 is 1.58. The fourth-order valence-electron chi connectivity index (χ4n) is 2.78. The van der Waals surface area contributed by atoms with Crippen LogP contribution in [0.25, 0.3) is 10.8 Å². The third kappa shape index (κ3) is 4.66. The second-order valence-electron chi connectivity index (χ2n) is 5.97. The number of thiophene rings is 1. The molecule has 0 radical (unpaired) electrons. The molecule has 2 aromatic heterocycles. The van der Waals surface area contributed by atoms with Gasteiger partial charge >= 0.3 is 0 Å². The summed E-state index contributed by atoms with van der Waals surface area (Å²) in [5.41, 5.74) is 0.720. The Hall–Kier alpha value is -1.70. The number of amides is 1. The van der Waals surface area contributed by atoms with Crippen molar-refractivity contribution in [2.75, 3.05) is 39.3 Å². The van der Waals surface area contributed by atoms with Gasteiger partial charge in [-0.25, -0.2) is 4.98 Å². The molecule has 1 fully saturated rings. The number of hydrogen-bond acceptors (Lipinski definition) is 6. The van der Waals surface area contributed by atoms with E-state index in [0.717, 1.165) is 55.5 Å². The van der Waals surface area contributed by atoms with Crippen molar-refractivity contribution in [1.29, 1.82) is 0 Å². The van der Waals surface area contributed by atoms with E-state index in [1.807, 2.05) is 24.4 Å². The first-order valence-electron chi connectivity index (χ1n) is 8.42. The molecule has 0 spiro atoms. The largest absolute Gasteiger partial charge is 0.440 e. The van der Waals surface area contributed by atoms with E-state index in [1.54, 1.807) is 11.3 Å². The molecule has 1 saturated heterocycles. The van der Waals surface area contributed by atoms with Gasteiger partial charge in [0.15, 0.2) is 0 Å². The smallest absolute Gasteiger partial charge is 0.236 e. The molecule has 7 heteroatoms. The third-order valence-corrected chi connectivity index (χ3v) is 4.99. The molecule has 0 bridgehead atoms. The van der Waals surface area contributed by atoms with E-state index in [4.69, 9.17) is 4.42 Å². The first-order chi connectivity index (χ1) is 11.7. The number of rotatable bonds is 7. The zero-order chi connectivity index (χ0) is 16.8. The number of oxazole rings is 1. The van der Waals surface area contributed by atoms with Crippen molar-refractivity contribution in [3.63, 3.8) is 0 Å². The molecule has 0 atom stereocenters. The van der Waals surface area contributed by atoms with Crippen molar-refractivity contribution in [2.24, 2.45) is 0 Å². The predicted octanol–water partition coefficient (Wildman–Crippen LogP) is 1.67. The summed E-state index contributed by atoms with van der Waals surface area (Å²) in [7, 11) is 0. The summed E-state index contributed by atoms with van der Waals surface area (Å²) in [6.45, 7) is 7.91. The van der Waals surface area contributed by atoms with Crippen LogP contribution < -0.4 is 10.6 Å². The fourth-order valence-corrected chi connectivity index (χ4v) is 3.43. The Morgan fingerprint density at radius 2 is 2.29 bits per heavy atom. The number of aryl methyl sites for hydroxylation is 1. The molecule has 0 aromatic carbocycles. The molecule has 0 saturated carbocycles. The van der Waals surface area contributed by atoms with Gasteiger partial charge in [0.2, 0.25) is 11.8 Å². The summed E-state index contributed by atoms with van der Waals surface area (Å²) in [5, 5.41) is 8.31. The summed E-state index contributed by atoms with van der Waals surface area (Å²) in [5.74, 6) is 1.32. The van der Waals surface area contributed by atoms with Crippen LogP contribution >= 0.6 is 11.3 Å². The second-order valence-corrected chi connectivity index (χ2v) is 6.92. The minimum atomic E-state index is 0.00411. The van der Waals surface area contributed by atoms with E-state index in [9.17, 15) is 4.79 Å². The standard InChI is InChI=1S/C17H24N4O2S/c1-13-14(20-17(23-13)15-4-2-11-24-15)12-16(22)19-5-3-8-21-9-6-18-7-10-21/h2,4,11,18H,3,5-10,12H2,1H3,(H,19,22). The molecule has 1 amide bonds. The van der Waals surface area contributed by atoms with Crippen molar-refractivity contribution in [1.82, 2.24) is 20.5 Å². The highest BCUT2D eigenvalue weighted by Gasteiger charge is 2.15. The highest BCUT2D eigenvalue weighted by atomic mass is 32.1. The number of carbonyl (C=O) groups excluding carboxylic acids is 1. The highest BCUT2D eigenvalue weighted by Crippen LogP contribution is 2.25. The molecule has 2 N–H and O–H groups in total. The van der Waals surface area contributed by atoms with Crippen LogP contribution in [0.15, 0.2) is 21.9 Å². The van der Waals surface area contributed by atoms with Gasteiger partial charge in [-0.2, -0.15) is 0 Å². The van der Waals surface area contributed by atoms with E-state index in [0.29, 0.717) is 12.4 Å². The number of aromatic nitrogens is 1. The molecular weight excluding hydrogens is 324 g/mol. The van der Waals surface area contributed by atoms with Crippen LogP contribution in [0.5, 0.6) is 0 Å². The van der Waals surface area contributed by atoms with Crippen LogP contribution in [0.3, 0.4) is 0 Å². The maximum atomic E-state index is 12.1. The van der Waals surface area contributed by atoms with Gasteiger partial charge in [-0.3, -0.25) is 4.79 Å². The Morgan fingerprint density at radius 3 is 3.04 bits per heavy atom. The van der Waals surface area contributed by atoms with Gasteiger partial charge in [-0.15, -0.1) is 11.3 Å². The molecule has 6 nitrogen and oxygen atoms in total. The Morgan fingerprint density at radius 1 is 1.46 bits per heavy atom. The van der Waals surface area contributed by atoms with Gasteiger partial charge < -0.3 is 20.0 Å². The lowest BCUT2D eigenvalue weighted by Gasteiger charge is -2.27. The Bertz CT molecular complexity index is 648. The van der Waals surface area contributed by atoms with Crippen LogP contribution in [0.2, 0.25) is 0 Å². The van der Waals surface area contributed by atoms with Gasteiger partial charge in [-0.05, 0) is 31.3 Å². The van der Waals surface area contributed by atoms with Crippen LogP contribution in [0.1, 0.15) is 17.9 Å². The molecule has 24 heavy (non-hydrogen) atoms. The minimum absolute atomic E-state index is 0.00411. The van der Waals surface area contributed by atoms with Gasteiger partial charge in [0.1, 0.15) is 5.76 Å². The number of hydrogen-bond donors (Lipinski definition) is 2. The summed E-state index contributed by atoms with van der Waals surface area (Å²) in [6, 6.07) is 3.93. The van der Waals surface area contributed by atoms with Gasteiger partial charge in [0.25, 0.3) is 0 Å². The van der Waals surface area contributed by atoms with Gasteiger partial charge in [0, 0.05) is 32.7 Å². The maximum Gasteiger partial charge on any atom is 0.236 e. The summed E-state index contributed by atoms with van der Waals surface area (Å²) < 4.78 is 5.67. The van der Waals surface area contributed by atoms with E-state index in [1.165, 1.54) is 0 Å². The molecule has 1 aliphatic rings. The van der Waals surface area contributed by atoms with E-state index < -0.39 is 0 Å². The Labute approximate surface area is 146 Å². The fraction of sp³-hybridized carbons (Fsp3) is 0.529. The first kappa shape index (κ1) is 17.1. The highest BCUT2D eigenvalue weighted by molar-refractivity contribution is 7.13. The molecule has 0 unspecified atom stereocenters. The average molecular weight is 348 g/mol. The Balaban J connectivity index is 1.41. The summed E-state index contributed by atoms with van der Waals surface area (Å²) in [6.07, 6.45) is 1.25. The zero-order valence-electron chi connectivity index (χ0n) is 14.0. The molecular formula is C17H24N4O2S. The van der Waals surface area contributed by atoms with Crippen LogP contribution in [-0.2, 0) is 11.2 Å². The van der Waals surface area contributed by atoms with E-state index >= 15 is 0 Å². The second kappa shape index (κ2) is 8.41. The van der Waals surface area contributed by atoms with E-state index in [2.05, 4.69) is 20.5 Å². The maximum absolute atomic E-state index is 12.1. The summed E-state index contributed by atoms with van der Waals surface area (Å²) in [4.78, 5) is 20.0. The molecule has 1 aliphatic heterocycles. The minimum Gasteiger partial charge on any atom is -0.440 e. The quantitative estimate of drug-likeness (QED) is 0.745. The number of carbonyl (C=O) groups is 1. The normalized spacial score (nSPS) is 15.5. The lowest BCUT2D eigenvalue weighted by Crippen LogP contribution is -2.44. The average Bonchev–Trinajstić information content (AvgIpc) is 3.23. The Kier molecular flexibility index (Phi) is 6.01. The van der Waals surface area contributed by atoms with Gasteiger partial charge in [-0.1, -0.05) is 6.07 Å². The molecule has 0 aliphatic carbocycles. The van der Waals surface area contributed by atoms with Crippen LogP contribution in [-0.4, -0.2) is 55.1 Å². The number of nitrogens with zero attached hydrogens (tertiary/aromatic N) is 2. The van der Waals surface area contributed by atoms with Crippen molar-refractivity contribution in [3.05, 3.63) is 29.0 Å². The number of piperazine rings is 1. The molecule has 130 valence electrons. The molecule has 2 aromatic rings. The third-order valence-electron chi connectivity index (χ3n) is 4.14. The van der Waals surface area contributed by atoms with Crippen molar-refractivity contribution >= 4 is 17.2 Å². The number of nitrogens with one attached hydrogen (secondary N) is 2. The van der Waals surface area contributed by atoms with Crippen molar-refractivity contribution < 1.29 is 9.21 Å². The van der Waals surface area contributed by atoms with Crippen LogP contribution in [0.4, 0.5) is 0 Å². The SMILES string of the molecule is Cc1oc(-c2cccs2)nc1CC(=O)NCCCN1CCNCC1. The van der Waals surface area contributed by atoms with E-state index in [-0.39, 0.29) is 12.3 Å². The van der Waals surface area contributed by atoms with Crippen molar-refractivity contribution in [3.8, 4) is 10.8 Å². The topological polar surface area (TPSA) is 70.4 Å². The monoisotopic (exact) mass is 348 g/mol. The molecule has 3 rings (SSSR count). The first-order valence-corrected chi connectivity index (χ1v) is 9.30. The van der Waals surface area contributed by atoms with Gasteiger partial charge in [0.05, 0.1) is 17.0 Å². The van der Waals surface area contributed by atoms with Crippen LogP contribution in [0, 0.1) is 6.92 Å². The molecule has 3 heterocycles. The zero-order valence-corrected chi connectivity index (χ0v) is 14.8. The lowest BCUT2D eigenvalue weighted by molar-refractivity contribution is -0.120. The van der Waals surface area contributed by atoms with Crippen molar-refractivity contribution in [2.45, 2.75) is 19.8 Å². The lowest BCUT2D eigenvalue weighted by atomic mass is 10.2. The predicted molar refractivity (Wildman–Crippen MR) is 95.2 cm³/mol.